The largest absolute Gasteiger partial charge is 0.300 e. The number of unbranched alkanes of at least 4 members (excludes halogenated alkanes) is 2. The molecule has 2 aromatic rings. The second kappa shape index (κ2) is 14.2. The van der Waals surface area contributed by atoms with Gasteiger partial charge in [0.2, 0.25) is 0 Å². The van der Waals surface area contributed by atoms with Gasteiger partial charge >= 0.3 is 0 Å². The molecule has 0 heterocycles. The number of Topliss-reactive ketones (excluding diaryl/α,β-unsaturated/α-hetero) is 1. The number of hydrogen-bond acceptors (Lipinski definition) is 1. The summed E-state index contributed by atoms with van der Waals surface area (Å²) >= 11 is 0. The zero-order chi connectivity index (χ0) is 25.2. The summed E-state index contributed by atoms with van der Waals surface area (Å²) in [5, 5.41) is 0. The summed E-state index contributed by atoms with van der Waals surface area (Å²) in [4.78, 5) is 12.9. The van der Waals surface area contributed by atoms with Crippen LogP contribution < -0.4 is 0 Å². The highest BCUT2D eigenvalue weighted by Gasteiger charge is 2.27. The molecular formula is C35H50O. The van der Waals surface area contributed by atoms with Crippen molar-refractivity contribution >= 4 is 5.78 Å². The quantitative estimate of drug-likeness (QED) is 0.292. The van der Waals surface area contributed by atoms with Gasteiger partial charge in [-0.2, -0.15) is 0 Å². The smallest absolute Gasteiger partial charge is 0.133 e. The van der Waals surface area contributed by atoms with Crippen LogP contribution in [0.15, 0.2) is 48.5 Å². The van der Waals surface area contributed by atoms with E-state index in [1.807, 2.05) is 0 Å². The van der Waals surface area contributed by atoms with E-state index in [9.17, 15) is 4.79 Å². The molecule has 2 saturated carbocycles. The van der Waals surface area contributed by atoms with Crippen molar-refractivity contribution in [3.05, 3.63) is 70.8 Å². The van der Waals surface area contributed by atoms with Crippen molar-refractivity contribution in [2.45, 2.75) is 128 Å². The molecule has 2 fully saturated rings. The lowest BCUT2D eigenvalue weighted by Crippen LogP contribution is -2.20. The van der Waals surface area contributed by atoms with Gasteiger partial charge < -0.3 is 0 Å². The van der Waals surface area contributed by atoms with Crippen LogP contribution in [0.5, 0.6) is 0 Å². The standard InChI is InChI=1S/C35H50O/c1-3-5-7-27-9-17-31(18-10-27)33-21-13-29(14-22-33)25-35(36)26-30-15-23-34(24-16-30)32-19-11-28(12-20-32)8-6-4-2/h9-12,17-20,29-30,33-34H,3-8,13-16,21-26H2,1-2H3. The van der Waals surface area contributed by atoms with E-state index >= 15 is 0 Å². The van der Waals surface area contributed by atoms with Gasteiger partial charge in [0.25, 0.3) is 0 Å². The van der Waals surface area contributed by atoms with Gasteiger partial charge in [-0.1, -0.05) is 75.2 Å². The third-order valence-corrected chi connectivity index (χ3v) is 9.27. The average Bonchev–Trinajstić information content (AvgIpc) is 2.92. The lowest BCUT2D eigenvalue weighted by atomic mass is 9.74. The fourth-order valence-corrected chi connectivity index (χ4v) is 6.80. The highest BCUT2D eigenvalue weighted by molar-refractivity contribution is 5.78. The minimum absolute atomic E-state index is 0.544. The molecule has 196 valence electrons. The van der Waals surface area contributed by atoms with E-state index in [1.165, 1.54) is 112 Å². The van der Waals surface area contributed by atoms with Gasteiger partial charge in [-0.3, -0.25) is 4.79 Å². The van der Waals surface area contributed by atoms with Crippen LogP contribution in [0.1, 0.15) is 138 Å². The van der Waals surface area contributed by atoms with E-state index in [4.69, 9.17) is 0 Å². The Morgan fingerprint density at radius 1 is 0.583 bits per heavy atom. The van der Waals surface area contributed by atoms with Gasteiger partial charge in [0.1, 0.15) is 5.78 Å². The Bertz CT molecular complexity index is 817. The first kappa shape index (κ1) is 27.2. The molecule has 0 aromatic heterocycles. The van der Waals surface area contributed by atoms with Gasteiger partial charge in [0.05, 0.1) is 0 Å². The minimum atomic E-state index is 0.544. The minimum Gasteiger partial charge on any atom is -0.300 e. The van der Waals surface area contributed by atoms with Crippen molar-refractivity contribution in [3.63, 3.8) is 0 Å². The number of carbonyl (C=O) groups is 1. The molecule has 2 aromatic carbocycles. The maximum Gasteiger partial charge on any atom is 0.133 e. The van der Waals surface area contributed by atoms with Crippen molar-refractivity contribution in [1.29, 1.82) is 0 Å². The molecular weight excluding hydrogens is 436 g/mol. The van der Waals surface area contributed by atoms with E-state index in [1.54, 1.807) is 0 Å². The highest BCUT2D eigenvalue weighted by atomic mass is 16.1. The van der Waals surface area contributed by atoms with Crippen LogP contribution in [0.3, 0.4) is 0 Å². The molecule has 0 unspecified atom stereocenters. The molecule has 2 aliphatic rings. The van der Waals surface area contributed by atoms with Crippen LogP contribution in [0.25, 0.3) is 0 Å². The van der Waals surface area contributed by atoms with Crippen LogP contribution >= 0.6 is 0 Å². The summed E-state index contributed by atoms with van der Waals surface area (Å²) in [6.45, 7) is 4.52. The monoisotopic (exact) mass is 486 g/mol. The maximum absolute atomic E-state index is 12.9. The first-order valence-corrected chi connectivity index (χ1v) is 15.3. The Labute approximate surface area is 221 Å². The van der Waals surface area contributed by atoms with Crippen molar-refractivity contribution < 1.29 is 4.79 Å². The maximum atomic E-state index is 12.9. The number of carbonyl (C=O) groups excluding carboxylic acids is 1. The summed E-state index contributed by atoms with van der Waals surface area (Å²) in [5.74, 6) is 3.20. The summed E-state index contributed by atoms with van der Waals surface area (Å²) in [7, 11) is 0. The predicted molar refractivity (Wildman–Crippen MR) is 154 cm³/mol. The Hall–Kier alpha value is -1.89. The van der Waals surface area contributed by atoms with Crippen LogP contribution in [0.2, 0.25) is 0 Å². The lowest BCUT2D eigenvalue weighted by molar-refractivity contribution is -0.121. The van der Waals surface area contributed by atoms with Gasteiger partial charge in [-0.15, -0.1) is 0 Å². The molecule has 0 aliphatic heterocycles. The Morgan fingerprint density at radius 2 is 0.944 bits per heavy atom. The van der Waals surface area contributed by atoms with Crippen molar-refractivity contribution in [2.24, 2.45) is 11.8 Å². The molecule has 0 spiro atoms. The van der Waals surface area contributed by atoms with E-state index in [2.05, 4.69) is 62.4 Å². The zero-order valence-corrected chi connectivity index (χ0v) is 23.2. The molecule has 2 aliphatic carbocycles. The van der Waals surface area contributed by atoms with Crippen molar-refractivity contribution in [1.82, 2.24) is 0 Å². The Balaban J connectivity index is 1.14. The average molecular weight is 487 g/mol. The molecule has 0 saturated heterocycles. The van der Waals surface area contributed by atoms with Crippen LogP contribution in [-0.2, 0) is 17.6 Å². The zero-order valence-electron chi connectivity index (χ0n) is 23.2. The van der Waals surface area contributed by atoms with E-state index in [0.717, 1.165) is 12.8 Å². The van der Waals surface area contributed by atoms with Gasteiger partial charge in [-0.05, 0) is 123 Å². The van der Waals surface area contributed by atoms with Crippen LogP contribution in [-0.4, -0.2) is 5.78 Å². The normalized spacial score (nSPS) is 24.5. The number of hydrogen-bond donors (Lipinski definition) is 0. The Morgan fingerprint density at radius 3 is 1.28 bits per heavy atom. The first-order chi connectivity index (χ1) is 17.6. The fourth-order valence-electron chi connectivity index (χ4n) is 6.80. The van der Waals surface area contributed by atoms with Gasteiger partial charge in [-0.25, -0.2) is 0 Å². The fraction of sp³-hybridized carbons (Fsp3) is 0.629. The SMILES string of the molecule is CCCCc1ccc(C2CCC(CC(=O)CC3CCC(c4ccc(CCCC)cc4)CC3)CC2)cc1. The van der Waals surface area contributed by atoms with Crippen LogP contribution in [0.4, 0.5) is 0 Å². The third-order valence-electron chi connectivity index (χ3n) is 9.27. The van der Waals surface area contributed by atoms with Crippen molar-refractivity contribution in [2.75, 3.05) is 0 Å². The molecule has 1 heteroatoms. The number of aryl methyl sites for hydroxylation is 2. The second-order valence-electron chi connectivity index (χ2n) is 12.1. The number of benzene rings is 2. The second-order valence-corrected chi connectivity index (χ2v) is 12.1. The van der Waals surface area contributed by atoms with E-state index < -0.39 is 0 Å². The lowest BCUT2D eigenvalue weighted by Gasteiger charge is -2.30. The third kappa shape index (κ3) is 8.06. The molecule has 0 atom stereocenters. The van der Waals surface area contributed by atoms with Gasteiger partial charge in [0, 0.05) is 12.8 Å². The molecule has 36 heavy (non-hydrogen) atoms. The topological polar surface area (TPSA) is 17.1 Å². The summed E-state index contributed by atoms with van der Waals surface area (Å²) in [5.41, 5.74) is 6.00. The van der Waals surface area contributed by atoms with Crippen LogP contribution in [0, 0.1) is 11.8 Å². The molecule has 0 bridgehead atoms. The van der Waals surface area contributed by atoms with E-state index in [-0.39, 0.29) is 0 Å². The molecule has 4 rings (SSSR count). The number of ketones is 1. The summed E-state index contributed by atoms with van der Waals surface area (Å²) < 4.78 is 0. The predicted octanol–water partition coefficient (Wildman–Crippen LogP) is 9.97. The Kier molecular flexibility index (Phi) is 10.7. The molecule has 1 nitrogen and oxygen atoms in total. The first-order valence-electron chi connectivity index (χ1n) is 15.3. The van der Waals surface area contributed by atoms with E-state index in [0.29, 0.717) is 29.5 Å². The van der Waals surface area contributed by atoms with Crippen molar-refractivity contribution in [3.8, 4) is 0 Å². The highest BCUT2D eigenvalue weighted by Crippen LogP contribution is 2.40. The molecule has 0 N–H and O–H groups in total. The summed E-state index contributed by atoms with van der Waals surface area (Å²) in [6, 6.07) is 18.9. The summed E-state index contributed by atoms with van der Waals surface area (Å²) in [6.07, 6.45) is 19.1. The van der Waals surface area contributed by atoms with Gasteiger partial charge in [0.15, 0.2) is 0 Å². The molecule has 0 radical (unpaired) electrons. The number of rotatable bonds is 12. The molecule has 0 amide bonds.